The zero-order valence-electron chi connectivity index (χ0n) is 13.1. The number of hydrogen-bond acceptors (Lipinski definition) is 4. The monoisotopic (exact) mass is 284 g/mol. The number of rotatable bonds is 6. The van der Waals surface area contributed by atoms with E-state index in [4.69, 9.17) is 15.2 Å². The average Bonchev–Trinajstić information content (AvgIpc) is 2.84. The Kier molecular flexibility index (Phi) is 4.42. The molecular weight excluding hydrogens is 256 g/mol. The van der Waals surface area contributed by atoms with Gasteiger partial charge in [-0.1, -0.05) is 27.7 Å². The van der Waals surface area contributed by atoms with Gasteiger partial charge in [0, 0.05) is 31.1 Å². The van der Waals surface area contributed by atoms with E-state index in [2.05, 4.69) is 19.2 Å². The summed E-state index contributed by atoms with van der Waals surface area (Å²) in [5.74, 6) is 0.588. The summed E-state index contributed by atoms with van der Waals surface area (Å²) in [6.45, 7) is 10.7. The summed E-state index contributed by atoms with van der Waals surface area (Å²) in [5, 5.41) is 2.92. The molecule has 5 nitrogen and oxygen atoms in total. The Balaban J connectivity index is 1.83. The summed E-state index contributed by atoms with van der Waals surface area (Å²) in [4.78, 5) is 12.5. The van der Waals surface area contributed by atoms with E-state index in [1.807, 2.05) is 13.8 Å². The number of fused-ring (bicyclic) bond motifs is 1. The highest BCUT2D eigenvalue weighted by Crippen LogP contribution is 2.58. The number of ether oxygens (including phenoxy) is 2. The first-order valence-electron chi connectivity index (χ1n) is 7.58. The van der Waals surface area contributed by atoms with Gasteiger partial charge in [0.2, 0.25) is 5.91 Å². The third-order valence-electron chi connectivity index (χ3n) is 4.81. The molecule has 0 aromatic heterocycles. The Morgan fingerprint density at radius 3 is 2.85 bits per heavy atom. The number of hydrogen-bond donors (Lipinski definition) is 2. The predicted octanol–water partition coefficient (Wildman–Crippen LogP) is 0.918. The maximum Gasteiger partial charge on any atom is 0.241 e. The molecule has 2 rings (SSSR count). The van der Waals surface area contributed by atoms with Crippen LogP contribution in [0.25, 0.3) is 0 Å². The number of nitrogens with two attached hydrogens (primary N) is 1. The number of carbonyl (C=O) groups is 1. The van der Waals surface area contributed by atoms with E-state index >= 15 is 0 Å². The van der Waals surface area contributed by atoms with E-state index in [1.54, 1.807) is 0 Å². The molecule has 1 aliphatic carbocycles. The molecule has 2 aliphatic rings. The van der Waals surface area contributed by atoms with Gasteiger partial charge in [-0.2, -0.15) is 0 Å². The van der Waals surface area contributed by atoms with Crippen molar-refractivity contribution >= 4 is 5.91 Å². The van der Waals surface area contributed by atoms with Gasteiger partial charge >= 0.3 is 0 Å². The van der Waals surface area contributed by atoms with Gasteiger partial charge in [-0.3, -0.25) is 4.79 Å². The molecule has 3 atom stereocenters. The minimum absolute atomic E-state index is 0.0672. The Hall–Kier alpha value is -0.650. The van der Waals surface area contributed by atoms with Gasteiger partial charge in [-0.05, 0) is 12.3 Å². The van der Waals surface area contributed by atoms with Crippen LogP contribution in [0.2, 0.25) is 0 Å². The third-order valence-corrected chi connectivity index (χ3v) is 4.81. The van der Waals surface area contributed by atoms with E-state index in [1.165, 1.54) is 0 Å². The van der Waals surface area contributed by atoms with Crippen molar-refractivity contribution in [2.75, 3.05) is 26.4 Å². The molecule has 1 heterocycles. The second kappa shape index (κ2) is 5.62. The average molecular weight is 284 g/mol. The van der Waals surface area contributed by atoms with Gasteiger partial charge in [0.1, 0.15) is 5.54 Å². The maximum absolute atomic E-state index is 12.5. The zero-order valence-corrected chi connectivity index (χ0v) is 13.1. The van der Waals surface area contributed by atoms with Crippen LogP contribution in [0.15, 0.2) is 0 Å². The lowest BCUT2D eigenvalue weighted by Gasteiger charge is -2.60. The first-order chi connectivity index (χ1) is 9.31. The number of amides is 1. The SMILES string of the molecule is CC(C)COCCNC(=O)C1(N)C2CCOC2C1(C)C. The van der Waals surface area contributed by atoms with Crippen LogP contribution in [-0.4, -0.2) is 43.9 Å². The molecule has 0 aromatic rings. The minimum atomic E-state index is -0.813. The van der Waals surface area contributed by atoms with Gasteiger partial charge in [0.15, 0.2) is 0 Å². The minimum Gasteiger partial charge on any atom is -0.379 e. The highest BCUT2D eigenvalue weighted by molar-refractivity contribution is 5.89. The van der Waals surface area contributed by atoms with Crippen molar-refractivity contribution in [2.24, 2.45) is 23.0 Å². The fraction of sp³-hybridized carbons (Fsp3) is 0.933. The molecule has 1 saturated heterocycles. The summed E-state index contributed by atoms with van der Waals surface area (Å²) in [7, 11) is 0. The first-order valence-corrected chi connectivity index (χ1v) is 7.58. The van der Waals surface area contributed by atoms with E-state index in [-0.39, 0.29) is 23.3 Å². The van der Waals surface area contributed by atoms with Crippen LogP contribution in [-0.2, 0) is 14.3 Å². The lowest BCUT2D eigenvalue weighted by atomic mass is 9.48. The topological polar surface area (TPSA) is 73.6 Å². The van der Waals surface area contributed by atoms with Crippen molar-refractivity contribution in [1.29, 1.82) is 0 Å². The Labute approximate surface area is 121 Å². The molecule has 1 amide bonds. The summed E-state index contributed by atoms with van der Waals surface area (Å²) in [6.07, 6.45) is 0.998. The molecule has 2 fully saturated rings. The van der Waals surface area contributed by atoms with Crippen LogP contribution in [0, 0.1) is 17.3 Å². The van der Waals surface area contributed by atoms with Gasteiger partial charge in [0.25, 0.3) is 0 Å². The van der Waals surface area contributed by atoms with Crippen LogP contribution in [0.3, 0.4) is 0 Å². The largest absolute Gasteiger partial charge is 0.379 e. The molecule has 0 bridgehead atoms. The first kappa shape index (κ1) is 15.7. The molecule has 3 unspecified atom stereocenters. The normalized spacial score (nSPS) is 34.7. The molecule has 3 N–H and O–H groups in total. The Morgan fingerprint density at radius 1 is 1.50 bits per heavy atom. The highest BCUT2D eigenvalue weighted by atomic mass is 16.5. The van der Waals surface area contributed by atoms with Crippen molar-refractivity contribution < 1.29 is 14.3 Å². The van der Waals surface area contributed by atoms with Crippen LogP contribution < -0.4 is 11.1 Å². The quantitative estimate of drug-likeness (QED) is 0.711. The van der Waals surface area contributed by atoms with Crippen molar-refractivity contribution in [1.82, 2.24) is 5.32 Å². The second-order valence-electron chi connectivity index (χ2n) is 7.00. The molecule has 20 heavy (non-hydrogen) atoms. The lowest BCUT2D eigenvalue weighted by molar-refractivity contribution is -0.175. The van der Waals surface area contributed by atoms with Gasteiger partial charge in [-0.25, -0.2) is 0 Å². The number of nitrogens with one attached hydrogen (secondary N) is 1. The van der Waals surface area contributed by atoms with Crippen molar-refractivity contribution in [3.8, 4) is 0 Å². The fourth-order valence-corrected chi connectivity index (χ4v) is 3.55. The van der Waals surface area contributed by atoms with E-state index in [0.717, 1.165) is 6.42 Å². The van der Waals surface area contributed by atoms with Crippen molar-refractivity contribution in [3.63, 3.8) is 0 Å². The molecule has 1 aliphatic heterocycles. The molecule has 0 radical (unpaired) electrons. The van der Waals surface area contributed by atoms with Crippen LogP contribution in [0.1, 0.15) is 34.1 Å². The predicted molar refractivity (Wildman–Crippen MR) is 77.2 cm³/mol. The van der Waals surface area contributed by atoms with Crippen LogP contribution >= 0.6 is 0 Å². The summed E-state index contributed by atoms with van der Waals surface area (Å²) >= 11 is 0. The van der Waals surface area contributed by atoms with E-state index < -0.39 is 5.54 Å². The van der Waals surface area contributed by atoms with Gasteiger partial charge in [-0.15, -0.1) is 0 Å². The van der Waals surface area contributed by atoms with Crippen LogP contribution in [0.5, 0.6) is 0 Å². The summed E-state index contributed by atoms with van der Waals surface area (Å²) in [5.41, 5.74) is 5.32. The zero-order chi connectivity index (χ0) is 15.0. The third kappa shape index (κ3) is 2.36. The smallest absolute Gasteiger partial charge is 0.241 e. The highest BCUT2D eigenvalue weighted by Gasteiger charge is 2.71. The summed E-state index contributed by atoms with van der Waals surface area (Å²) < 4.78 is 11.2. The second-order valence-corrected chi connectivity index (χ2v) is 7.00. The van der Waals surface area contributed by atoms with E-state index in [0.29, 0.717) is 32.3 Å². The van der Waals surface area contributed by atoms with Crippen molar-refractivity contribution in [3.05, 3.63) is 0 Å². The molecule has 5 heteroatoms. The molecule has 0 aromatic carbocycles. The molecule has 116 valence electrons. The molecule has 0 spiro atoms. The summed E-state index contributed by atoms with van der Waals surface area (Å²) in [6, 6.07) is 0. The molecule has 1 saturated carbocycles. The van der Waals surface area contributed by atoms with Gasteiger partial charge < -0.3 is 20.5 Å². The Bertz CT molecular complexity index is 370. The number of carbonyl (C=O) groups excluding carboxylic acids is 1. The van der Waals surface area contributed by atoms with Crippen LogP contribution in [0.4, 0.5) is 0 Å². The standard InChI is InChI=1S/C15H28N2O3/c1-10(2)9-19-8-6-17-13(18)15(16)11-5-7-20-12(11)14(15,3)4/h10-12H,5-9,16H2,1-4H3,(H,17,18). The van der Waals surface area contributed by atoms with E-state index in [9.17, 15) is 4.79 Å². The fourth-order valence-electron chi connectivity index (χ4n) is 3.55. The lowest BCUT2D eigenvalue weighted by Crippen LogP contribution is -2.80. The van der Waals surface area contributed by atoms with Gasteiger partial charge in [0.05, 0.1) is 12.7 Å². The maximum atomic E-state index is 12.5. The molecular formula is C15H28N2O3. The van der Waals surface area contributed by atoms with Crippen molar-refractivity contribution in [2.45, 2.75) is 45.8 Å². The Morgan fingerprint density at radius 2 is 2.20 bits per heavy atom.